The van der Waals surface area contributed by atoms with E-state index in [4.69, 9.17) is 10.5 Å². The average Bonchev–Trinajstić information content (AvgIpc) is 3.06. The molecule has 1 aliphatic heterocycles. The highest BCUT2D eigenvalue weighted by atomic mass is 32.1. The predicted octanol–water partition coefficient (Wildman–Crippen LogP) is 1.19. The molecule has 0 aromatic carbocycles. The van der Waals surface area contributed by atoms with E-state index in [-0.39, 0.29) is 5.91 Å². The highest BCUT2D eigenvalue weighted by molar-refractivity contribution is 7.29. The quantitative estimate of drug-likeness (QED) is 0.859. The molecule has 0 atom stereocenters. The van der Waals surface area contributed by atoms with E-state index in [0.717, 1.165) is 14.7 Å². The molecule has 3 heterocycles. The molecule has 0 unspecified atom stereocenters. The largest absolute Gasteiger partial charge is 0.381 e. The van der Waals surface area contributed by atoms with E-state index in [0.29, 0.717) is 30.9 Å². The first-order valence-electron chi connectivity index (χ1n) is 7.19. The van der Waals surface area contributed by atoms with Crippen LogP contribution in [0.5, 0.6) is 0 Å². The lowest BCUT2D eigenvalue weighted by molar-refractivity contribution is -0.127. The summed E-state index contributed by atoms with van der Waals surface area (Å²) in [5.41, 5.74) is 4.50. The maximum atomic E-state index is 12.5. The van der Waals surface area contributed by atoms with Crippen LogP contribution in [0.2, 0.25) is 0 Å². The Bertz CT molecular complexity index is 715. The van der Waals surface area contributed by atoms with Gasteiger partial charge in [-0.2, -0.15) is 0 Å². The summed E-state index contributed by atoms with van der Waals surface area (Å²) in [6, 6.07) is 1.81. The zero-order chi connectivity index (χ0) is 16.6. The molecule has 7 nitrogen and oxygen atoms in total. The van der Waals surface area contributed by atoms with Gasteiger partial charge in [-0.3, -0.25) is 9.59 Å². The lowest BCUT2D eigenvalue weighted by Crippen LogP contribution is -2.60. The third-order valence-electron chi connectivity index (χ3n) is 3.86. The highest BCUT2D eigenvalue weighted by Crippen LogP contribution is 2.34. The van der Waals surface area contributed by atoms with Crippen molar-refractivity contribution in [1.29, 1.82) is 0 Å². The second-order valence-electron chi connectivity index (χ2n) is 5.68. The van der Waals surface area contributed by atoms with Crippen molar-refractivity contribution in [2.45, 2.75) is 18.4 Å². The molecule has 23 heavy (non-hydrogen) atoms. The van der Waals surface area contributed by atoms with Crippen LogP contribution in [0.4, 0.5) is 5.13 Å². The number of ether oxygens (including phenoxy) is 1. The summed E-state index contributed by atoms with van der Waals surface area (Å²) in [4.78, 5) is 32.1. The number of nitrogens with one attached hydrogen (secondary N) is 1. The normalized spacial score (nSPS) is 17.1. The molecule has 0 radical (unpaired) electrons. The number of fused-ring (bicyclic) bond motifs is 1. The third-order valence-corrected chi connectivity index (χ3v) is 6.18. The predicted molar refractivity (Wildman–Crippen MR) is 91.3 cm³/mol. The lowest BCUT2D eigenvalue weighted by atomic mass is 9.89. The Morgan fingerprint density at radius 2 is 2.04 bits per heavy atom. The topological polar surface area (TPSA) is 97.5 Å². The van der Waals surface area contributed by atoms with Crippen molar-refractivity contribution in [1.82, 2.24) is 10.3 Å². The van der Waals surface area contributed by atoms with Crippen molar-refractivity contribution in [2.24, 2.45) is 5.73 Å². The van der Waals surface area contributed by atoms with E-state index in [9.17, 15) is 9.59 Å². The number of rotatable bonds is 4. The minimum Gasteiger partial charge on any atom is -0.381 e. The number of thiazole rings is 1. The van der Waals surface area contributed by atoms with Crippen molar-refractivity contribution in [3.05, 3.63) is 10.9 Å². The number of carbonyl (C=O) groups is 2. The van der Waals surface area contributed by atoms with E-state index in [1.165, 1.54) is 22.7 Å². The third kappa shape index (κ3) is 3.04. The van der Waals surface area contributed by atoms with E-state index < -0.39 is 11.4 Å². The van der Waals surface area contributed by atoms with Gasteiger partial charge in [-0.25, -0.2) is 4.98 Å². The number of hydrogen-bond acceptors (Lipinski definition) is 7. The molecule has 0 spiro atoms. The molecular formula is C14H18N4O3S2. The van der Waals surface area contributed by atoms with E-state index in [2.05, 4.69) is 10.3 Å². The van der Waals surface area contributed by atoms with Crippen molar-refractivity contribution >= 4 is 49.1 Å². The summed E-state index contributed by atoms with van der Waals surface area (Å²) in [5, 5.41) is 3.72. The maximum absolute atomic E-state index is 12.5. The Kier molecular flexibility index (Phi) is 4.26. The van der Waals surface area contributed by atoms with Gasteiger partial charge in [0.2, 0.25) is 5.91 Å². The van der Waals surface area contributed by atoms with Crippen LogP contribution < -0.4 is 16.0 Å². The standard InChI is InChI=1S/C14H18N4O3S2/c1-18(2)13-16-11-9(23-13)7-8(22-11)10(19)17-14(12(15)20)3-5-21-6-4-14/h7H,3-6H2,1-2H3,(H2,15,20)(H,17,19). The summed E-state index contributed by atoms with van der Waals surface area (Å²) >= 11 is 2.85. The average molecular weight is 354 g/mol. The van der Waals surface area contributed by atoms with Crippen LogP contribution in [0.1, 0.15) is 22.5 Å². The van der Waals surface area contributed by atoms with Crippen LogP contribution in [0.25, 0.3) is 9.53 Å². The van der Waals surface area contributed by atoms with Gasteiger partial charge in [-0.15, -0.1) is 11.3 Å². The summed E-state index contributed by atoms with van der Waals surface area (Å²) in [5.74, 6) is -0.798. The second-order valence-corrected chi connectivity index (χ2v) is 7.72. The summed E-state index contributed by atoms with van der Waals surface area (Å²) < 4.78 is 6.23. The molecule has 3 N–H and O–H groups in total. The fourth-order valence-electron chi connectivity index (χ4n) is 2.46. The summed E-state index contributed by atoms with van der Waals surface area (Å²) in [7, 11) is 3.86. The highest BCUT2D eigenvalue weighted by Gasteiger charge is 2.40. The van der Waals surface area contributed by atoms with Crippen molar-refractivity contribution in [3.8, 4) is 0 Å². The number of nitrogens with zero attached hydrogens (tertiary/aromatic N) is 2. The molecular weight excluding hydrogens is 336 g/mol. The number of hydrogen-bond donors (Lipinski definition) is 2. The minimum atomic E-state index is -1.02. The van der Waals surface area contributed by atoms with Crippen molar-refractivity contribution in [3.63, 3.8) is 0 Å². The van der Waals surface area contributed by atoms with E-state index >= 15 is 0 Å². The zero-order valence-corrected chi connectivity index (χ0v) is 14.6. The number of primary amides is 1. The van der Waals surface area contributed by atoms with Gasteiger partial charge in [0, 0.05) is 40.2 Å². The van der Waals surface area contributed by atoms with Gasteiger partial charge in [-0.05, 0) is 6.07 Å². The van der Waals surface area contributed by atoms with Crippen molar-refractivity contribution < 1.29 is 14.3 Å². The van der Waals surface area contributed by atoms with Crippen LogP contribution in [-0.4, -0.2) is 49.6 Å². The fraction of sp³-hybridized carbons (Fsp3) is 0.500. The van der Waals surface area contributed by atoms with Crippen molar-refractivity contribution in [2.75, 3.05) is 32.2 Å². The molecule has 0 bridgehead atoms. The molecule has 2 aromatic heterocycles. The molecule has 1 aliphatic rings. The molecule has 124 valence electrons. The number of anilines is 1. The number of thiophene rings is 1. The maximum Gasteiger partial charge on any atom is 0.262 e. The van der Waals surface area contributed by atoms with Gasteiger partial charge in [0.15, 0.2) is 5.13 Å². The summed E-state index contributed by atoms with van der Waals surface area (Å²) in [6.07, 6.45) is 0.799. The molecule has 9 heteroatoms. The molecule has 0 aliphatic carbocycles. The zero-order valence-electron chi connectivity index (χ0n) is 12.9. The lowest BCUT2D eigenvalue weighted by Gasteiger charge is -2.34. The second kappa shape index (κ2) is 6.06. The van der Waals surface area contributed by atoms with E-state index in [1.807, 2.05) is 25.1 Å². The van der Waals surface area contributed by atoms with Gasteiger partial charge in [0.05, 0.1) is 9.58 Å². The monoisotopic (exact) mass is 354 g/mol. The number of nitrogens with two attached hydrogens (primary N) is 1. The van der Waals surface area contributed by atoms with Crippen LogP contribution in [0, 0.1) is 0 Å². The smallest absolute Gasteiger partial charge is 0.262 e. The Morgan fingerprint density at radius 3 is 2.61 bits per heavy atom. The van der Waals surface area contributed by atoms with Gasteiger partial charge < -0.3 is 20.7 Å². The molecule has 1 fully saturated rings. The SMILES string of the molecule is CN(C)c1nc2sc(C(=O)NC3(C(N)=O)CCOCC3)cc2s1. The molecule has 0 saturated carbocycles. The Labute approximate surface area is 141 Å². The number of carbonyl (C=O) groups excluding carboxylic acids is 2. The minimum absolute atomic E-state index is 0.285. The van der Waals surface area contributed by atoms with Crippen LogP contribution >= 0.6 is 22.7 Å². The molecule has 1 saturated heterocycles. The number of aromatic nitrogens is 1. The van der Waals surface area contributed by atoms with Gasteiger partial charge in [0.1, 0.15) is 10.4 Å². The number of amides is 2. The molecule has 3 rings (SSSR count). The van der Waals surface area contributed by atoms with Crippen LogP contribution in [0.15, 0.2) is 6.07 Å². The van der Waals surface area contributed by atoms with E-state index in [1.54, 1.807) is 0 Å². The molecule has 2 aromatic rings. The van der Waals surface area contributed by atoms with Gasteiger partial charge in [-0.1, -0.05) is 11.3 Å². The van der Waals surface area contributed by atoms with Gasteiger partial charge in [0.25, 0.3) is 5.91 Å². The Balaban J connectivity index is 1.82. The van der Waals surface area contributed by atoms with Gasteiger partial charge >= 0.3 is 0 Å². The fourth-order valence-corrected chi connectivity index (χ4v) is 4.49. The first-order chi connectivity index (χ1) is 10.9. The summed E-state index contributed by atoms with van der Waals surface area (Å²) in [6.45, 7) is 0.826. The van der Waals surface area contributed by atoms with Crippen LogP contribution in [-0.2, 0) is 9.53 Å². The van der Waals surface area contributed by atoms with Crippen LogP contribution in [0.3, 0.4) is 0 Å². The first-order valence-corrected chi connectivity index (χ1v) is 8.82. The Hall–Kier alpha value is -1.71. The first kappa shape index (κ1) is 16.2. The molecule has 2 amide bonds. The Morgan fingerprint density at radius 1 is 1.35 bits per heavy atom.